The van der Waals surface area contributed by atoms with Gasteiger partial charge in [0.25, 0.3) is 11.9 Å². The molecular weight excluding hydrogens is 406 g/mol. The first kappa shape index (κ1) is 25.9. The maximum atomic E-state index is 14.0. The van der Waals surface area contributed by atoms with Gasteiger partial charge in [-0.25, -0.2) is 19.5 Å². The Bertz CT molecular complexity index is 821. The number of aliphatic imine (C=N–C) groups is 1. The van der Waals surface area contributed by atoms with Crippen molar-refractivity contribution in [2.45, 2.75) is 52.0 Å². The van der Waals surface area contributed by atoms with Crippen LogP contribution in [0.2, 0.25) is 0 Å². The molecule has 0 saturated carbocycles. The van der Waals surface area contributed by atoms with Crippen molar-refractivity contribution >= 4 is 25.6 Å². The molecule has 2 amide bonds. The SMILES string of the molecule is [B][C@H](CC(C)C)NC(=O)[C@H](CCCN=C(N)N[N+](=O)[O-])NC(=O)c1cc(C)ccc1F. The lowest BCUT2D eigenvalue weighted by atomic mass is 9.88. The number of aryl methyl sites for hydroxylation is 1. The highest BCUT2D eigenvalue weighted by atomic mass is 19.1. The molecule has 1 rings (SSSR count). The monoisotopic (exact) mass is 434 g/mol. The molecule has 0 unspecified atom stereocenters. The molecule has 0 fully saturated rings. The number of guanidine groups is 1. The molecule has 0 heterocycles. The van der Waals surface area contributed by atoms with E-state index in [2.05, 4.69) is 15.6 Å². The minimum atomic E-state index is -1.01. The average Bonchev–Trinajstić information content (AvgIpc) is 2.64. The van der Waals surface area contributed by atoms with E-state index in [1.807, 2.05) is 13.8 Å². The molecule has 12 heteroatoms. The van der Waals surface area contributed by atoms with Crippen LogP contribution in [0.1, 0.15) is 49.0 Å². The second-order valence-corrected chi connectivity index (χ2v) is 7.53. The van der Waals surface area contributed by atoms with Crippen molar-refractivity contribution in [1.29, 1.82) is 0 Å². The molecule has 2 atom stereocenters. The third-order valence-corrected chi connectivity index (χ3v) is 4.18. The number of carbonyl (C=O) groups excluding carboxylic acids is 2. The third kappa shape index (κ3) is 9.92. The van der Waals surface area contributed by atoms with Crippen LogP contribution in [-0.2, 0) is 4.79 Å². The van der Waals surface area contributed by atoms with Gasteiger partial charge in [-0.05, 0) is 50.2 Å². The Labute approximate surface area is 181 Å². The van der Waals surface area contributed by atoms with Crippen molar-refractivity contribution < 1.29 is 19.0 Å². The summed E-state index contributed by atoms with van der Waals surface area (Å²) in [5, 5.41) is 14.6. The quantitative estimate of drug-likeness (QED) is 0.101. The average molecular weight is 434 g/mol. The van der Waals surface area contributed by atoms with Crippen LogP contribution in [0.4, 0.5) is 4.39 Å². The smallest absolute Gasteiger partial charge is 0.254 e. The van der Waals surface area contributed by atoms with Crippen molar-refractivity contribution in [3.63, 3.8) is 0 Å². The molecule has 0 aliphatic heterocycles. The normalized spacial score (nSPS) is 13.4. The highest BCUT2D eigenvalue weighted by molar-refractivity contribution is 6.13. The lowest BCUT2D eigenvalue weighted by Gasteiger charge is -2.22. The minimum Gasteiger partial charge on any atom is -0.365 e. The van der Waals surface area contributed by atoms with Gasteiger partial charge < -0.3 is 16.4 Å². The summed E-state index contributed by atoms with van der Waals surface area (Å²) in [4.78, 5) is 39.3. The summed E-state index contributed by atoms with van der Waals surface area (Å²) in [5.41, 5.74) is 7.56. The number of nitro groups is 1. The Kier molecular flexibility index (Phi) is 10.4. The zero-order valence-electron chi connectivity index (χ0n) is 17.9. The number of nitrogens with zero attached hydrogens (tertiary/aromatic N) is 2. The van der Waals surface area contributed by atoms with Gasteiger partial charge in [0.05, 0.1) is 13.4 Å². The number of hydrazine groups is 1. The summed E-state index contributed by atoms with van der Waals surface area (Å²) in [5.74, 6) is -2.71. The van der Waals surface area contributed by atoms with E-state index in [0.717, 1.165) is 0 Å². The predicted molar refractivity (Wildman–Crippen MR) is 115 cm³/mol. The van der Waals surface area contributed by atoms with E-state index in [1.165, 1.54) is 18.2 Å². The molecule has 1 aromatic carbocycles. The molecule has 1 aromatic rings. The van der Waals surface area contributed by atoms with Gasteiger partial charge >= 0.3 is 0 Å². The van der Waals surface area contributed by atoms with Gasteiger partial charge in [0.15, 0.2) is 5.03 Å². The van der Waals surface area contributed by atoms with Gasteiger partial charge in [0.1, 0.15) is 11.9 Å². The Morgan fingerprint density at radius 3 is 2.61 bits per heavy atom. The van der Waals surface area contributed by atoms with Gasteiger partial charge in [0, 0.05) is 6.54 Å². The third-order valence-electron chi connectivity index (χ3n) is 4.18. The van der Waals surface area contributed by atoms with Crippen LogP contribution in [0, 0.1) is 28.8 Å². The van der Waals surface area contributed by atoms with Crippen molar-refractivity contribution in [3.05, 3.63) is 45.3 Å². The number of halogens is 1. The van der Waals surface area contributed by atoms with Gasteiger partial charge in [-0.3, -0.25) is 9.59 Å². The van der Waals surface area contributed by atoms with Crippen LogP contribution >= 0.6 is 0 Å². The maximum Gasteiger partial charge on any atom is 0.254 e. The topological polar surface area (TPSA) is 152 Å². The lowest BCUT2D eigenvalue weighted by Crippen LogP contribution is -2.50. The van der Waals surface area contributed by atoms with Crippen molar-refractivity contribution in [3.8, 4) is 0 Å². The van der Waals surface area contributed by atoms with E-state index < -0.39 is 34.6 Å². The fraction of sp³-hybridized carbons (Fsp3) is 0.526. The number of amides is 2. The maximum absolute atomic E-state index is 14.0. The van der Waals surface area contributed by atoms with Crippen LogP contribution in [0.15, 0.2) is 23.2 Å². The summed E-state index contributed by atoms with van der Waals surface area (Å²) < 4.78 is 14.0. The Hall–Kier alpha value is -3.18. The van der Waals surface area contributed by atoms with E-state index in [9.17, 15) is 24.1 Å². The van der Waals surface area contributed by atoms with Crippen LogP contribution in [0.5, 0.6) is 0 Å². The Morgan fingerprint density at radius 2 is 2.00 bits per heavy atom. The van der Waals surface area contributed by atoms with E-state index in [4.69, 9.17) is 13.6 Å². The number of carbonyl (C=O) groups is 2. The summed E-state index contributed by atoms with van der Waals surface area (Å²) in [6, 6.07) is 3.09. The predicted octanol–water partition coefficient (Wildman–Crippen LogP) is 0.766. The first-order valence-corrected chi connectivity index (χ1v) is 9.83. The van der Waals surface area contributed by atoms with Crippen LogP contribution in [-0.4, -0.2) is 49.2 Å². The summed E-state index contributed by atoms with van der Waals surface area (Å²) >= 11 is 0. The summed E-state index contributed by atoms with van der Waals surface area (Å²) in [6.45, 7) is 5.69. The van der Waals surface area contributed by atoms with Gasteiger partial charge in [-0.2, -0.15) is 0 Å². The molecule has 0 spiro atoms. The first-order chi connectivity index (χ1) is 14.5. The Balaban J connectivity index is 2.86. The summed E-state index contributed by atoms with van der Waals surface area (Å²) in [6.07, 6.45) is 0.940. The molecule has 0 saturated heterocycles. The second-order valence-electron chi connectivity index (χ2n) is 7.53. The van der Waals surface area contributed by atoms with E-state index in [0.29, 0.717) is 12.0 Å². The molecule has 2 radical (unpaired) electrons. The largest absolute Gasteiger partial charge is 0.365 e. The Morgan fingerprint density at radius 1 is 1.32 bits per heavy atom. The van der Waals surface area contributed by atoms with Crippen molar-refractivity contribution in [2.24, 2.45) is 16.6 Å². The molecule has 0 bridgehead atoms. The van der Waals surface area contributed by atoms with Crippen molar-refractivity contribution in [1.82, 2.24) is 16.1 Å². The fourth-order valence-corrected chi connectivity index (χ4v) is 2.79. The number of hydrogen-bond donors (Lipinski definition) is 4. The van der Waals surface area contributed by atoms with E-state index in [1.54, 1.807) is 12.3 Å². The molecule has 0 aliphatic carbocycles. The molecular formula is C19H28BFN6O4. The lowest BCUT2D eigenvalue weighted by molar-refractivity contribution is -0.525. The number of benzene rings is 1. The van der Waals surface area contributed by atoms with E-state index in [-0.39, 0.29) is 36.8 Å². The second kappa shape index (κ2) is 12.5. The molecule has 0 aliphatic rings. The highest BCUT2D eigenvalue weighted by Crippen LogP contribution is 2.11. The van der Waals surface area contributed by atoms with E-state index >= 15 is 0 Å². The highest BCUT2D eigenvalue weighted by Gasteiger charge is 2.24. The van der Waals surface area contributed by atoms with Crippen LogP contribution < -0.4 is 21.8 Å². The van der Waals surface area contributed by atoms with Crippen molar-refractivity contribution in [2.75, 3.05) is 6.54 Å². The molecule has 10 nitrogen and oxygen atoms in total. The number of rotatable bonds is 11. The van der Waals surface area contributed by atoms with Crippen LogP contribution in [0.25, 0.3) is 0 Å². The molecule has 5 N–H and O–H groups in total. The number of hydrogen-bond acceptors (Lipinski definition) is 5. The first-order valence-electron chi connectivity index (χ1n) is 9.83. The van der Waals surface area contributed by atoms with Gasteiger partial charge in [-0.15, -0.1) is 0 Å². The molecule has 0 aromatic heterocycles. The van der Waals surface area contributed by atoms with Gasteiger partial charge in [-0.1, -0.05) is 30.9 Å². The molecule has 31 heavy (non-hydrogen) atoms. The fourth-order valence-electron chi connectivity index (χ4n) is 2.79. The summed E-state index contributed by atoms with van der Waals surface area (Å²) in [7, 11) is 5.93. The zero-order valence-corrected chi connectivity index (χ0v) is 17.9. The zero-order chi connectivity index (χ0) is 23.6. The standard InChI is InChI=1S/C19H28BFN6O4/c1-11(2)9-16(20)25-18(29)15(5-4-8-23-19(22)26-27(30)31)24-17(28)13-10-12(3)6-7-14(13)21/h6-7,10-11,15-16H,4-5,8-9H2,1-3H3,(H,24,28)(H,25,29)(H3,22,23,26)/t15-,16-/m0/s1. The molecule has 168 valence electrons. The number of nitrogens with one attached hydrogen (secondary N) is 3. The van der Waals surface area contributed by atoms with Crippen LogP contribution in [0.3, 0.4) is 0 Å². The minimum absolute atomic E-state index is 0.0726. The van der Waals surface area contributed by atoms with Gasteiger partial charge in [0.2, 0.25) is 5.91 Å². The number of nitrogens with two attached hydrogens (primary N) is 1.